The van der Waals surface area contributed by atoms with Crippen molar-refractivity contribution in [2.45, 2.75) is 63.5 Å². The average molecular weight is 625 g/mol. The number of benzene rings is 2. The van der Waals surface area contributed by atoms with Gasteiger partial charge >= 0.3 is 0 Å². The number of rotatable bonds is 12. The lowest BCUT2D eigenvalue weighted by Crippen LogP contribution is -2.56. The molecule has 0 saturated carbocycles. The van der Waals surface area contributed by atoms with Gasteiger partial charge < -0.3 is 21.3 Å². The van der Waals surface area contributed by atoms with Crippen LogP contribution in [0.3, 0.4) is 0 Å². The lowest BCUT2D eigenvalue weighted by atomic mass is 9.95. The van der Waals surface area contributed by atoms with Crippen LogP contribution in [-0.2, 0) is 37.2 Å². The molecule has 4 rings (SSSR count). The van der Waals surface area contributed by atoms with Crippen LogP contribution in [0.2, 0.25) is 0 Å². The summed E-state index contributed by atoms with van der Waals surface area (Å²) >= 11 is 0. The van der Waals surface area contributed by atoms with Crippen molar-refractivity contribution in [2.24, 2.45) is 22.4 Å². The van der Waals surface area contributed by atoms with Gasteiger partial charge in [0.25, 0.3) is 0 Å². The number of piperidine rings is 1. The molecule has 2 heterocycles. The van der Waals surface area contributed by atoms with Crippen LogP contribution in [-0.4, -0.2) is 90.7 Å². The number of nitrogens with zero attached hydrogens (tertiary/aromatic N) is 4. The average Bonchev–Trinajstić information content (AvgIpc) is 3.50. The normalized spacial score (nSPS) is 18.9. The molecule has 2 aromatic carbocycles. The molecule has 238 valence electrons. The SMILES string of the molecule is CS(=O)(=O)N(CC1CCN(C(N)=NC(=O)CCCc2ccccc2)CC1)[C@H](Cc1ccccc1)C(=O)N1CCC[C@H]1C(N)=O. The lowest BCUT2D eigenvalue weighted by Gasteiger charge is -2.38. The Morgan fingerprint density at radius 1 is 0.932 bits per heavy atom. The van der Waals surface area contributed by atoms with Crippen LogP contribution in [0.15, 0.2) is 65.7 Å². The molecule has 4 N–H and O–H groups in total. The molecule has 0 unspecified atom stereocenters. The lowest BCUT2D eigenvalue weighted by molar-refractivity contribution is -0.140. The number of primary amides is 1. The van der Waals surface area contributed by atoms with Gasteiger partial charge in [0.15, 0.2) is 5.96 Å². The van der Waals surface area contributed by atoms with E-state index in [0.717, 1.165) is 18.2 Å². The molecule has 0 aromatic heterocycles. The topological polar surface area (TPSA) is 159 Å². The smallest absolute Gasteiger partial charge is 0.248 e. The van der Waals surface area contributed by atoms with Crippen LogP contribution in [0, 0.1) is 5.92 Å². The second-order valence-corrected chi connectivity index (χ2v) is 13.7. The standard InChI is InChI=1S/C32H44N6O5S/c1-44(42,43)38(28(22-25-12-6-3-7-13-25)31(41)37-19-9-15-27(37)30(33)40)23-26-17-20-36(21-18-26)32(34)35-29(39)16-8-14-24-10-4-2-5-11-24/h2-7,10-13,26-28H,8-9,14-23H2,1H3,(H2,33,40)(H2,34,35,39)/t27-,28+/m0/s1. The maximum atomic E-state index is 13.9. The van der Waals surface area contributed by atoms with Crippen molar-refractivity contribution in [3.8, 4) is 0 Å². The molecule has 0 bridgehead atoms. The summed E-state index contributed by atoms with van der Waals surface area (Å²) in [5.41, 5.74) is 13.8. The fourth-order valence-electron chi connectivity index (χ4n) is 6.10. The minimum atomic E-state index is -3.81. The Labute approximate surface area is 260 Å². The Hall–Kier alpha value is -3.77. The first-order valence-corrected chi connectivity index (χ1v) is 17.1. The number of carbonyl (C=O) groups is 3. The molecule has 2 aliphatic rings. The molecule has 11 nitrogen and oxygen atoms in total. The number of hydrogen-bond donors (Lipinski definition) is 2. The fourth-order valence-corrected chi connectivity index (χ4v) is 7.21. The largest absolute Gasteiger partial charge is 0.369 e. The van der Waals surface area contributed by atoms with Gasteiger partial charge in [0.05, 0.1) is 6.26 Å². The van der Waals surface area contributed by atoms with E-state index >= 15 is 0 Å². The zero-order valence-electron chi connectivity index (χ0n) is 25.4. The third-order valence-corrected chi connectivity index (χ3v) is 9.77. The summed E-state index contributed by atoms with van der Waals surface area (Å²) in [6.45, 7) is 1.54. The number of aliphatic imine (C=N–C) groups is 1. The molecule has 3 amide bonds. The summed E-state index contributed by atoms with van der Waals surface area (Å²) < 4.78 is 27.7. The van der Waals surface area contributed by atoms with E-state index in [1.807, 2.05) is 65.6 Å². The summed E-state index contributed by atoms with van der Waals surface area (Å²) in [5.74, 6) is -1.10. The minimum Gasteiger partial charge on any atom is -0.369 e. The van der Waals surface area contributed by atoms with E-state index in [-0.39, 0.29) is 30.8 Å². The highest BCUT2D eigenvalue weighted by Gasteiger charge is 2.41. The summed E-state index contributed by atoms with van der Waals surface area (Å²) in [4.78, 5) is 45.9. The molecule has 44 heavy (non-hydrogen) atoms. The van der Waals surface area contributed by atoms with Crippen molar-refractivity contribution < 1.29 is 22.8 Å². The van der Waals surface area contributed by atoms with Gasteiger partial charge in [-0.2, -0.15) is 9.30 Å². The zero-order valence-corrected chi connectivity index (χ0v) is 26.2. The van der Waals surface area contributed by atoms with Crippen molar-refractivity contribution in [3.05, 3.63) is 71.8 Å². The summed E-state index contributed by atoms with van der Waals surface area (Å²) in [5, 5.41) is 0. The van der Waals surface area contributed by atoms with Gasteiger partial charge in [0.2, 0.25) is 27.7 Å². The van der Waals surface area contributed by atoms with Gasteiger partial charge in [-0.3, -0.25) is 14.4 Å². The number of amides is 3. The first kappa shape index (κ1) is 33.1. The van der Waals surface area contributed by atoms with Gasteiger partial charge in [-0.15, -0.1) is 0 Å². The van der Waals surface area contributed by atoms with Gasteiger partial charge in [-0.05, 0) is 62.0 Å². The maximum Gasteiger partial charge on any atom is 0.248 e. The maximum absolute atomic E-state index is 13.9. The molecule has 2 fully saturated rings. The van der Waals surface area contributed by atoms with E-state index in [4.69, 9.17) is 11.5 Å². The van der Waals surface area contributed by atoms with E-state index in [9.17, 15) is 22.8 Å². The summed E-state index contributed by atoms with van der Waals surface area (Å²) in [6, 6.07) is 17.5. The van der Waals surface area contributed by atoms with Crippen molar-refractivity contribution >= 4 is 33.7 Å². The zero-order chi connectivity index (χ0) is 31.7. The van der Waals surface area contributed by atoms with E-state index in [1.165, 1.54) is 14.8 Å². The van der Waals surface area contributed by atoms with Gasteiger partial charge in [-0.1, -0.05) is 60.7 Å². The molecule has 0 aliphatic carbocycles. The van der Waals surface area contributed by atoms with E-state index in [2.05, 4.69) is 4.99 Å². The number of sulfonamides is 1. The fraction of sp³-hybridized carbons (Fsp3) is 0.500. The molecule has 2 aromatic rings. The molecule has 2 atom stereocenters. The van der Waals surface area contributed by atoms with E-state index < -0.39 is 33.9 Å². The van der Waals surface area contributed by atoms with Crippen molar-refractivity contribution in [1.29, 1.82) is 0 Å². The Morgan fingerprint density at radius 2 is 1.55 bits per heavy atom. The number of aryl methyl sites for hydroxylation is 1. The van der Waals surface area contributed by atoms with E-state index in [0.29, 0.717) is 58.2 Å². The van der Waals surface area contributed by atoms with Gasteiger partial charge in [-0.25, -0.2) is 8.42 Å². The quantitative estimate of drug-likeness (QED) is 0.270. The molecular formula is C32H44N6O5S. The Bertz CT molecular complexity index is 1410. The number of carbonyl (C=O) groups excluding carboxylic acids is 3. The van der Waals surface area contributed by atoms with Crippen molar-refractivity contribution in [1.82, 2.24) is 14.1 Å². The van der Waals surface area contributed by atoms with E-state index in [1.54, 1.807) is 0 Å². The third kappa shape index (κ3) is 9.12. The van der Waals surface area contributed by atoms with Crippen LogP contribution >= 0.6 is 0 Å². The number of likely N-dealkylation sites (tertiary alicyclic amines) is 2. The first-order chi connectivity index (χ1) is 21.0. The van der Waals surface area contributed by atoms with Crippen LogP contribution in [0.4, 0.5) is 0 Å². The second kappa shape index (κ2) is 15.3. The minimum absolute atomic E-state index is 0.0352. The molecule has 2 saturated heterocycles. The van der Waals surface area contributed by atoms with Crippen molar-refractivity contribution in [3.63, 3.8) is 0 Å². The summed E-state index contributed by atoms with van der Waals surface area (Å²) in [7, 11) is -3.81. The number of hydrogen-bond acceptors (Lipinski definition) is 5. The molecule has 0 radical (unpaired) electrons. The van der Waals surface area contributed by atoms with Crippen LogP contribution in [0.25, 0.3) is 0 Å². The van der Waals surface area contributed by atoms with Crippen LogP contribution in [0.1, 0.15) is 49.7 Å². The summed E-state index contributed by atoms with van der Waals surface area (Å²) in [6.07, 6.45) is 5.41. The van der Waals surface area contributed by atoms with Crippen LogP contribution < -0.4 is 11.5 Å². The first-order valence-electron chi connectivity index (χ1n) is 15.3. The molecule has 12 heteroatoms. The molecule has 0 spiro atoms. The Kier molecular flexibility index (Phi) is 11.5. The predicted molar refractivity (Wildman–Crippen MR) is 170 cm³/mol. The third-order valence-electron chi connectivity index (χ3n) is 8.51. The monoisotopic (exact) mass is 624 g/mol. The predicted octanol–water partition coefficient (Wildman–Crippen LogP) is 1.91. The van der Waals surface area contributed by atoms with Crippen molar-refractivity contribution in [2.75, 3.05) is 32.4 Å². The number of guanidine groups is 1. The van der Waals surface area contributed by atoms with Gasteiger partial charge in [0.1, 0.15) is 12.1 Å². The highest BCUT2D eigenvalue weighted by molar-refractivity contribution is 7.88. The molecule has 2 aliphatic heterocycles. The molecular weight excluding hydrogens is 580 g/mol. The highest BCUT2D eigenvalue weighted by atomic mass is 32.2. The Balaban J connectivity index is 1.40. The highest BCUT2D eigenvalue weighted by Crippen LogP contribution is 2.26. The Morgan fingerprint density at radius 3 is 2.14 bits per heavy atom. The van der Waals surface area contributed by atoms with Crippen LogP contribution in [0.5, 0.6) is 0 Å². The second-order valence-electron chi connectivity index (χ2n) is 11.8. The number of nitrogens with two attached hydrogens (primary N) is 2. The van der Waals surface area contributed by atoms with Gasteiger partial charge in [0, 0.05) is 32.6 Å².